The van der Waals surface area contributed by atoms with Gasteiger partial charge in [0.2, 0.25) is 5.91 Å². The van der Waals surface area contributed by atoms with Crippen LogP contribution >= 0.6 is 12.2 Å². The number of nitro groups is 1. The van der Waals surface area contributed by atoms with Crippen molar-refractivity contribution in [3.8, 4) is 11.3 Å². The van der Waals surface area contributed by atoms with Crippen molar-refractivity contribution in [1.82, 2.24) is 10.3 Å². The van der Waals surface area contributed by atoms with Crippen molar-refractivity contribution in [1.29, 1.82) is 0 Å². The SMILES string of the molecule is Cc1cc(N2C(=S)N[C@@H](c3ccccn3)[C@@H]2c2ccc(-c3ccccc3[N+](=O)[O-])o2)ccc1NC(=O)C(C)C. The summed E-state index contributed by atoms with van der Waals surface area (Å²) >= 11 is 5.80. The maximum atomic E-state index is 12.3. The quantitative estimate of drug-likeness (QED) is 0.159. The number of nitro benzene ring substituents is 1. The number of hydrogen-bond donors (Lipinski definition) is 2. The fourth-order valence-corrected chi connectivity index (χ4v) is 4.98. The van der Waals surface area contributed by atoms with E-state index in [1.165, 1.54) is 6.07 Å². The van der Waals surface area contributed by atoms with E-state index in [0.717, 1.165) is 22.6 Å². The topological polar surface area (TPSA) is 114 Å². The maximum absolute atomic E-state index is 12.3. The Morgan fingerprint density at radius 1 is 1.13 bits per heavy atom. The van der Waals surface area contributed by atoms with Crippen LogP contribution in [0, 0.1) is 23.0 Å². The van der Waals surface area contributed by atoms with Crippen LogP contribution in [0.4, 0.5) is 17.1 Å². The normalized spacial score (nSPS) is 16.8. The molecule has 0 saturated carbocycles. The number of benzene rings is 2. The summed E-state index contributed by atoms with van der Waals surface area (Å²) in [5.41, 5.74) is 3.54. The van der Waals surface area contributed by atoms with E-state index in [1.54, 1.807) is 30.5 Å². The van der Waals surface area contributed by atoms with Gasteiger partial charge in [-0.1, -0.05) is 32.0 Å². The van der Waals surface area contributed by atoms with Crippen LogP contribution < -0.4 is 15.5 Å². The summed E-state index contributed by atoms with van der Waals surface area (Å²) in [6.45, 7) is 5.62. The Balaban J connectivity index is 1.57. The van der Waals surface area contributed by atoms with Crippen LogP contribution in [0.15, 0.2) is 83.4 Å². The van der Waals surface area contributed by atoms with Crippen LogP contribution in [0.5, 0.6) is 0 Å². The molecule has 2 N–H and O–H groups in total. The molecule has 0 spiro atoms. The van der Waals surface area contributed by atoms with Gasteiger partial charge in [-0.3, -0.25) is 19.9 Å². The van der Waals surface area contributed by atoms with Crippen LogP contribution in [0.25, 0.3) is 11.3 Å². The molecule has 1 saturated heterocycles. The molecular weight excluding hydrogens is 514 g/mol. The minimum atomic E-state index is -0.431. The van der Waals surface area contributed by atoms with Crippen LogP contribution in [-0.2, 0) is 4.79 Å². The molecule has 1 amide bonds. The summed E-state index contributed by atoms with van der Waals surface area (Å²) in [7, 11) is 0. The van der Waals surface area contributed by atoms with Gasteiger partial charge in [0, 0.05) is 29.6 Å². The summed E-state index contributed by atoms with van der Waals surface area (Å²) in [6.07, 6.45) is 1.72. The van der Waals surface area contributed by atoms with E-state index in [0.29, 0.717) is 22.2 Å². The average molecular weight is 542 g/mol. The van der Waals surface area contributed by atoms with Crippen molar-refractivity contribution >= 4 is 40.3 Å². The highest BCUT2D eigenvalue weighted by Crippen LogP contribution is 2.44. The summed E-state index contributed by atoms with van der Waals surface area (Å²) in [5, 5.41) is 18.5. The third kappa shape index (κ3) is 5.10. The summed E-state index contributed by atoms with van der Waals surface area (Å²) < 4.78 is 6.30. The molecule has 5 rings (SSSR count). The van der Waals surface area contributed by atoms with Crippen LogP contribution in [-0.4, -0.2) is 20.9 Å². The Labute approximate surface area is 231 Å². The zero-order chi connectivity index (χ0) is 27.7. The number of para-hydroxylation sites is 1. The number of aryl methyl sites for hydroxylation is 1. The van der Waals surface area contributed by atoms with Crippen molar-refractivity contribution < 1.29 is 14.1 Å². The molecule has 0 radical (unpaired) electrons. The lowest BCUT2D eigenvalue weighted by molar-refractivity contribution is -0.384. The van der Waals surface area contributed by atoms with Gasteiger partial charge in [-0.15, -0.1) is 0 Å². The molecule has 10 heteroatoms. The number of nitrogens with one attached hydrogen (secondary N) is 2. The minimum Gasteiger partial charge on any atom is -0.459 e. The predicted octanol–water partition coefficient (Wildman–Crippen LogP) is 6.33. The van der Waals surface area contributed by atoms with Crippen molar-refractivity contribution in [3.05, 3.63) is 106 Å². The Morgan fingerprint density at radius 2 is 1.90 bits per heavy atom. The van der Waals surface area contributed by atoms with Gasteiger partial charge in [0.1, 0.15) is 17.6 Å². The lowest BCUT2D eigenvalue weighted by Crippen LogP contribution is -2.29. The number of carbonyl (C=O) groups is 1. The molecule has 39 heavy (non-hydrogen) atoms. The van der Waals surface area contributed by atoms with Gasteiger partial charge in [-0.05, 0) is 73.2 Å². The molecule has 198 valence electrons. The largest absolute Gasteiger partial charge is 0.459 e. The smallest absolute Gasteiger partial charge is 0.280 e. The van der Waals surface area contributed by atoms with E-state index in [4.69, 9.17) is 16.6 Å². The van der Waals surface area contributed by atoms with Gasteiger partial charge in [0.05, 0.1) is 22.2 Å². The monoisotopic (exact) mass is 541 g/mol. The van der Waals surface area contributed by atoms with Gasteiger partial charge < -0.3 is 20.0 Å². The fourth-order valence-electron chi connectivity index (χ4n) is 4.63. The Bertz CT molecular complexity index is 1550. The molecule has 2 atom stereocenters. The molecule has 0 unspecified atom stereocenters. The molecule has 3 heterocycles. The van der Waals surface area contributed by atoms with Gasteiger partial charge in [-0.2, -0.15) is 0 Å². The molecular formula is C29H27N5O4S. The number of aromatic nitrogens is 1. The summed E-state index contributed by atoms with van der Waals surface area (Å²) in [5.74, 6) is 0.755. The highest BCUT2D eigenvalue weighted by atomic mass is 32.1. The second kappa shape index (κ2) is 10.7. The third-order valence-corrected chi connectivity index (χ3v) is 6.97. The van der Waals surface area contributed by atoms with Crippen LogP contribution in [0.3, 0.4) is 0 Å². The Morgan fingerprint density at radius 3 is 2.59 bits per heavy atom. The minimum absolute atomic E-state index is 0.0359. The molecule has 4 aromatic rings. The lowest BCUT2D eigenvalue weighted by Gasteiger charge is -2.27. The lowest BCUT2D eigenvalue weighted by atomic mass is 10.0. The van der Waals surface area contributed by atoms with Gasteiger partial charge in [0.25, 0.3) is 5.69 Å². The number of pyridine rings is 1. The molecule has 1 fully saturated rings. The first-order valence-electron chi connectivity index (χ1n) is 12.5. The molecule has 0 bridgehead atoms. The number of amides is 1. The zero-order valence-corrected chi connectivity index (χ0v) is 22.4. The van der Waals surface area contributed by atoms with E-state index in [1.807, 2.05) is 68.1 Å². The second-order valence-corrected chi connectivity index (χ2v) is 10.0. The number of rotatable bonds is 7. The highest BCUT2D eigenvalue weighted by Gasteiger charge is 2.43. The van der Waals surface area contributed by atoms with Gasteiger partial charge in [0.15, 0.2) is 5.11 Å². The van der Waals surface area contributed by atoms with Crippen LogP contribution in [0.1, 0.15) is 42.9 Å². The van der Waals surface area contributed by atoms with Crippen molar-refractivity contribution in [2.45, 2.75) is 32.9 Å². The predicted molar refractivity (Wildman–Crippen MR) is 153 cm³/mol. The molecule has 9 nitrogen and oxygen atoms in total. The first kappa shape index (κ1) is 26.1. The van der Waals surface area contributed by atoms with Crippen molar-refractivity contribution in [3.63, 3.8) is 0 Å². The van der Waals surface area contributed by atoms with Crippen LogP contribution in [0.2, 0.25) is 0 Å². The molecule has 1 aliphatic heterocycles. The third-order valence-electron chi connectivity index (χ3n) is 6.65. The molecule has 2 aromatic heterocycles. The standard InChI is InChI=1S/C29H27N5O4S/c1-17(2)28(35)31-21-12-11-19(16-18(21)3)33-27(26(32-29(33)39)22-9-6-7-15-30-22)25-14-13-24(38-25)20-8-4-5-10-23(20)34(36)37/h4-17,26-27H,1-3H3,(H,31,35)(H,32,39)/t26-,27-/m0/s1. The van der Waals surface area contributed by atoms with E-state index in [-0.39, 0.29) is 23.6 Å². The second-order valence-electron chi connectivity index (χ2n) is 9.62. The first-order chi connectivity index (χ1) is 18.7. The molecule has 0 aliphatic carbocycles. The Hall–Kier alpha value is -4.57. The van der Waals surface area contributed by atoms with E-state index in [2.05, 4.69) is 15.6 Å². The molecule has 1 aliphatic rings. The highest BCUT2D eigenvalue weighted by molar-refractivity contribution is 7.80. The van der Waals surface area contributed by atoms with E-state index >= 15 is 0 Å². The Kier molecular flexibility index (Phi) is 7.12. The number of thiocarbonyl (C=S) groups is 1. The summed E-state index contributed by atoms with van der Waals surface area (Å²) in [6, 6.07) is 20.7. The van der Waals surface area contributed by atoms with E-state index < -0.39 is 11.0 Å². The number of nitrogens with zero attached hydrogens (tertiary/aromatic N) is 3. The average Bonchev–Trinajstić information content (AvgIpc) is 3.54. The number of anilines is 2. The van der Waals surface area contributed by atoms with E-state index in [9.17, 15) is 14.9 Å². The fraction of sp³-hybridized carbons (Fsp3) is 0.207. The maximum Gasteiger partial charge on any atom is 0.280 e. The summed E-state index contributed by atoms with van der Waals surface area (Å²) in [4.78, 5) is 30.0. The van der Waals surface area contributed by atoms with Gasteiger partial charge >= 0.3 is 0 Å². The van der Waals surface area contributed by atoms with Crippen molar-refractivity contribution in [2.24, 2.45) is 5.92 Å². The zero-order valence-electron chi connectivity index (χ0n) is 21.6. The number of furan rings is 1. The van der Waals surface area contributed by atoms with Crippen molar-refractivity contribution in [2.75, 3.05) is 10.2 Å². The number of hydrogen-bond acceptors (Lipinski definition) is 6. The molecule has 2 aromatic carbocycles. The first-order valence-corrected chi connectivity index (χ1v) is 12.9. The number of carbonyl (C=O) groups excluding carboxylic acids is 1. The van der Waals surface area contributed by atoms with Gasteiger partial charge in [-0.25, -0.2) is 0 Å².